The molecule has 2 amide bonds. The molecule has 1 aliphatic rings. The number of likely N-dealkylation sites (tertiary alicyclic amines) is 1. The van der Waals surface area contributed by atoms with Gasteiger partial charge in [0.05, 0.1) is 0 Å². The van der Waals surface area contributed by atoms with E-state index in [1.54, 1.807) is 0 Å². The third kappa shape index (κ3) is 5.49. The summed E-state index contributed by atoms with van der Waals surface area (Å²) in [7, 11) is 0. The lowest BCUT2D eigenvalue weighted by Crippen LogP contribution is -2.49. The maximum atomic E-state index is 12.1. The summed E-state index contributed by atoms with van der Waals surface area (Å²) < 4.78 is 0. The Morgan fingerprint density at radius 1 is 1.42 bits per heavy atom. The van der Waals surface area contributed by atoms with Crippen LogP contribution in [0.15, 0.2) is 0 Å². The lowest BCUT2D eigenvalue weighted by Gasteiger charge is -2.35. The number of aliphatic carboxylic acids is 1. The van der Waals surface area contributed by atoms with Crippen LogP contribution in [0, 0.1) is 5.92 Å². The molecule has 1 rings (SSSR count). The zero-order chi connectivity index (χ0) is 14.3. The molecule has 0 aliphatic carbocycles. The molecule has 2 unspecified atom stereocenters. The van der Waals surface area contributed by atoms with Crippen molar-refractivity contribution < 1.29 is 14.7 Å². The Balaban J connectivity index is 2.31. The average molecular weight is 270 g/mol. The summed E-state index contributed by atoms with van der Waals surface area (Å²) in [6.45, 7) is 5.48. The van der Waals surface area contributed by atoms with Crippen LogP contribution < -0.4 is 5.32 Å². The van der Waals surface area contributed by atoms with Crippen molar-refractivity contribution in [2.45, 2.75) is 58.4 Å². The predicted molar refractivity (Wildman–Crippen MR) is 74.1 cm³/mol. The lowest BCUT2D eigenvalue weighted by molar-refractivity contribution is -0.137. The second-order valence-electron chi connectivity index (χ2n) is 5.47. The van der Waals surface area contributed by atoms with Gasteiger partial charge >= 0.3 is 12.0 Å². The number of hydrogen-bond donors (Lipinski definition) is 2. The highest BCUT2D eigenvalue weighted by Gasteiger charge is 2.25. The van der Waals surface area contributed by atoms with Gasteiger partial charge in [0.25, 0.3) is 0 Å². The number of urea groups is 1. The number of carboxylic acid groups (broad SMARTS) is 1. The first-order valence-corrected chi connectivity index (χ1v) is 7.30. The number of carboxylic acids is 1. The van der Waals surface area contributed by atoms with Gasteiger partial charge in [0.15, 0.2) is 0 Å². The monoisotopic (exact) mass is 270 g/mol. The van der Waals surface area contributed by atoms with E-state index in [-0.39, 0.29) is 18.4 Å². The Kier molecular flexibility index (Phi) is 6.67. The third-order valence-electron chi connectivity index (χ3n) is 3.81. The van der Waals surface area contributed by atoms with Gasteiger partial charge in [-0.2, -0.15) is 0 Å². The average Bonchev–Trinajstić information content (AvgIpc) is 2.42. The molecule has 5 nitrogen and oxygen atoms in total. The summed E-state index contributed by atoms with van der Waals surface area (Å²) in [6.07, 6.45) is 5.15. The molecule has 1 aliphatic heterocycles. The minimum absolute atomic E-state index is 0.00808. The fraction of sp³-hybridized carbons (Fsp3) is 0.857. The summed E-state index contributed by atoms with van der Waals surface area (Å²) in [5.74, 6) is -0.579. The summed E-state index contributed by atoms with van der Waals surface area (Å²) in [5.41, 5.74) is 0. The van der Waals surface area contributed by atoms with Crippen LogP contribution >= 0.6 is 0 Å². The van der Waals surface area contributed by atoms with Gasteiger partial charge in [0.1, 0.15) is 0 Å². The van der Waals surface area contributed by atoms with E-state index in [4.69, 9.17) is 5.11 Å². The molecule has 5 heteroatoms. The Morgan fingerprint density at radius 3 is 2.79 bits per heavy atom. The number of nitrogens with zero attached hydrogens (tertiary/aromatic N) is 1. The molecule has 0 radical (unpaired) electrons. The molecule has 0 saturated carbocycles. The molecule has 2 N–H and O–H groups in total. The molecule has 1 heterocycles. The molecule has 1 fully saturated rings. The number of rotatable bonds is 6. The minimum atomic E-state index is -0.778. The normalized spacial score (nSPS) is 20.9. The van der Waals surface area contributed by atoms with Crippen LogP contribution in [0.5, 0.6) is 0 Å². The van der Waals surface area contributed by atoms with E-state index >= 15 is 0 Å². The highest BCUT2D eigenvalue weighted by molar-refractivity contribution is 5.74. The van der Waals surface area contributed by atoms with Gasteiger partial charge in [0, 0.05) is 25.6 Å². The van der Waals surface area contributed by atoms with E-state index < -0.39 is 5.97 Å². The van der Waals surface area contributed by atoms with Crippen LogP contribution in [-0.2, 0) is 4.79 Å². The minimum Gasteiger partial charge on any atom is -0.481 e. The Labute approximate surface area is 115 Å². The fourth-order valence-corrected chi connectivity index (χ4v) is 2.53. The molecule has 0 bridgehead atoms. The molecule has 0 aromatic heterocycles. The van der Waals surface area contributed by atoms with E-state index in [2.05, 4.69) is 12.2 Å². The smallest absolute Gasteiger partial charge is 0.317 e. The largest absolute Gasteiger partial charge is 0.481 e. The van der Waals surface area contributed by atoms with E-state index in [1.807, 2.05) is 11.8 Å². The molecule has 110 valence electrons. The van der Waals surface area contributed by atoms with Crippen LogP contribution in [0.3, 0.4) is 0 Å². The highest BCUT2D eigenvalue weighted by atomic mass is 16.4. The van der Waals surface area contributed by atoms with Crippen LogP contribution in [-0.4, -0.2) is 41.1 Å². The maximum absolute atomic E-state index is 12.1. The van der Waals surface area contributed by atoms with E-state index in [0.29, 0.717) is 19.0 Å². The molecule has 0 spiro atoms. The van der Waals surface area contributed by atoms with Crippen molar-refractivity contribution in [1.82, 2.24) is 10.2 Å². The molecular formula is C14H26N2O3. The Bertz CT molecular complexity index is 307. The van der Waals surface area contributed by atoms with Crippen molar-refractivity contribution >= 4 is 12.0 Å². The third-order valence-corrected chi connectivity index (χ3v) is 3.81. The predicted octanol–water partition coefficient (Wildman–Crippen LogP) is 2.46. The van der Waals surface area contributed by atoms with Gasteiger partial charge in [-0.25, -0.2) is 4.79 Å². The molecular weight excluding hydrogens is 244 g/mol. The Morgan fingerprint density at radius 2 is 2.16 bits per heavy atom. The van der Waals surface area contributed by atoms with Crippen LogP contribution in [0.2, 0.25) is 0 Å². The molecule has 19 heavy (non-hydrogen) atoms. The van der Waals surface area contributed by atoms with Gasteiger partial charge in [-0.1, -0.05) is 13.8 Å². The number of hydrogen-bond acceptors (Lipinski definition) is 2. The summed E-state index contributed by atoms with van der Waals surface area (Å²) in [4.78, 5) is 24.5. The molecule has 0 aromatic rings. The van der Waals surface area contributed by atoms with Gasteiger partial charge in [-0.05, 0) is 38.0 Å². The van der Waals surface area contributed by atoms with Crippen molar-refractivity contribution in [2.75, 3.05) is 13.1 Å². The summed E-state index contributed by atoms with van der Waals surface area (Å²) >= 11 is 0. The zero-order valence-electron chi connectivity index (χ0n) is 12.0. The van der Waals surface area contributed by atoms with Gasteiger partial charge in [-0.3, -0.25) is 4.79 Å². The summed E-state index contributed by atoms with van der Waals surface area (Å²) in [5, 5.41) is 11.5. The van der Waals surface area contributed by atoms with Gasteiger partial charge < -0.3 is 15.3 Å². The van der Waals surface area contributed by atoms with Crippen LogP contribution in [0.25, 0.3) is 0 Å². The zero-order valence-corrected chi connectivity index (χ0v) is 12.0. The van der Waals surface area contributed by atoms with Crippen molar-refractivity contribution in [3.05, 3.63) is 0 Å². The van der Waals surface area contributed by atoms with Crippen LogP contribution in [0.1, 0.15) is 52.4 Å². The maximum Gasteiger partial charge on any atom is 0.317 e. The first-order valence-electron chi connectivity index (χ1n) is 7.30. The van der Waals surface area contributed by atoms with Crippen molar-refractivity contribution in [1.29, 1.82) is 0 Å². The van der Waals surface area contributed by atoms with E-state index in [0.717, 1.165) is 25.8 Å². The number of amides is 2. The molecule has 0 aromatic carbocycles. The number of piperidine rings is 1. The topological polar surface area (TPSA) is 69.6 Å². The quantitative estimate of drug-likeness (QED) is 0.779. The Hall–Kier alpha value is -1.26. The SMILES string of the molecule is CCC1CCCCN1C(=O)NCC(C)CCC(=O)O. The number of nitrogens with one attached hydrogen (secondary N) is 1. The second-order valence-corrected chi connectivity index (χ2v) is 5.47. The van der Waals surface area contributed by atoms with E-state index in [1.165, 1.54) is 6.42 Å². The lowest BCUT2D eigenvalue weighted by atomic mass is 10.0. The van der Waals surface area contributed by atoms with Gasteiger partial charge in [0.2, 0.25) is 0 Å². The fourth-order valence-electron chi connectivity index (χ4n) is 2.53. The van der Waals surface area contributed by atoms with Crippen molar-refractivity contribution in [3.8, 4) is 0 Å². The van der Waals surface area contributed by atoms with Crippen molar-refractivity contribution in [3.63, 3.8) is 0 Å². The number of carbonyl (C=O) groups is 2. The molecule has 1 saturated heterocycles. The standard InChI is InChI=1S/C14H26N2O3/c1-3-12-6-4-5-9-16(12)14(19)15-10-11(2)7-8-13(17)18/h11-12H,3-10H2,1-2H3,(H,15,19)(H,17,18). The summed E-state index contributed by atoms with van der Waals surface area (Å²) in [6, 6.07) is 0.372. The second kappa shape index (κ2) is 8.02. The molecule has 2 atom stereocenters. The van der Waals surface area contributed by atoms with Crippen LogP contribution in [0.4, 0.5) is 4.79 Å². The van der Waals surface area contributed by atoms with Crippen molar-refractivity contribution in [2.24, 2.45) is 5.92 Å². The van der Waals surface area contributed by atoms with Gasteiger partial charge in [-0.15, -0.1) is 0 Å². The first kappa shape index (κ1) is 15.8. The first-order chi connectivity index (χ1) is 9.04. The van der Waals surface area contributed by atoms with E-state index in [9.17, 15) is 9.59 Å². The highest BCUT2D eigenvalue weighted by Crippen LogP contribution is 2.19. The number of carbonyl (C=O) groups excluding carboxylic acids is 1.